The van der Waals surface area contributed by atoms with Crippen LogP contribution in [0.3, 0.4) is 0 Å². The Morgan fingerprint density at radius 1 is 1.37 bits per heavy atom. The molecule has 2 aromatic rings. The van der Waals surface area contributed by atoms with E-state index in [9.17, 15) is 9.90 Å². The SMILES string of the molecule is CCn1c(C)c(C(C)O)c2cc(C(=O)O)cc(C)c21. The van der Waals surface area contributed by atoms with Crippen LogP contribution in [0.1, 0.15) is 47.1 Å². The highest BCUT2D eigenvalue weighted by Crippen LogP contribution is 2.33. The van der Waals surface area contributed by atoms with Gasteiger partial charge in [0.05, 0.1) is 17.2 Å². The number of rotatable bonds is 3. The second-order valence-electron chi connectivity index (χ2n) is 4.91. The number of hydrogen-bond acceptors (Lipinski definition) is 2. The molecule has 0 radical (unpaired) electrons. The van der Waals surface area contributed by atoms with E-state index in [2.05, 4.69) is 4.57 Å². The first-order valence-corrected chi connectivity index (χ1v) is 6.43. The Morgan fingerprint density at radius 3 is 2.47 bits per heavy atom. The van der Waals surface area contributed by atoms with Crippen molar-refractivity contribution in [2.24, 2.45) is 0 Å². The predicted molar refractivity (Wildman–Crippen MR) is 74.7 cm³/mol. The number of hydrogen-bond donors (Lipinski definition) is 2. The Morgan fingerprint density at radius 2 is 2.00 bits per heavy atom. The number of aromatic carboxylic acids is 1. The molecule has 1 heterocycles. The van der Waals surface area contributed by atoms with E-state index in [1.54, 1.807) is 19.1 Å². The van der Waals surface area contributed by atoms with Gasteiger partial charge in [0.25, 0.3) is 0 Å². The highest BCUT2D eigenvalue weighted by Gasteiger charge is 2.20. The minimum absolute atomic E-state index is 0.264. The van der Waals surface area contributed by atoms with Gasteiger partial charge in [0.1, 0.15) is 0 Å². The molecule has 1 aromatic heterocycles. The molecule has 1 unspecified atom stereocenters. The highest BCUT2D eigenvalue weighted by atomic mass is 16.4. The van der Waals surface area contributed by atoms with Crippen LogP contribution in [0.15, 0.2) is 12.1 Å². The quantitative estimate of drug-likeness (QED) is 0.892. The second-order valence-corrected chi connectivity index (χ2v) is 4.91. The third-order valence-corrected chi connectivity index (χ3v) is 3.64. The van der Waals surface area contributed by atoms with Gasteiger partial charge in [0.2, 0.25) is 0 Å². The van der Waals surface area contributed by atoms with Gasteiger partial charge in [-0.3, -0.25) is 0 Å². The molecule has 0 saturated heterocycles. The molecule has 0 amide bonds. The maximum atomic E-state index is 11.2. The Hall–Kier alpha value is -1.81. The fourth-order valence-electron chi connectivity index (χ4n) is 2.90. The van der Waals surface area contributed by atoms with E-state index >= 15 is 0 Å². The van der Waals surface area contributed by atoms with E-state index in [1.165, 1.54) is 0 Å². The fraction of sp³-hybridized carbons (Fsp3) is 0.400. The molecule has 0 aliphatic rings. The second kappa shape index (κ2) is 4.70. The summed E-state index contributed by atoms with van der Waals surface area (Å²) >= 11 is 0. The average molecular weight is 261 g/mol. The summed E-state index contributed by atoms with van der Waals surface area (Å²) in [6.45, 7) is 8.42. The van der Waals surface area contributed by atoms with E-state index in [0.717, 1.165) is 34.3 Å². The van der Waals surface area contributed by atoms with Crippen LogP contribution in [-0.4, -0.2) is 20.7 Å². The summed E-state index contributed by atoms with van der Waals surface area (Å²) in [5.41, 5.74) is 4.02. The number of fused-ring (bicyclic) bond motifs is 1. The normalized spacial score (nSPS) is 12.9. The first-order chi connectivity index (χ1) is 8.88. The van der Waals surface area contributed by atoms with Gasteiger partial charge in [-0.25, -0.2) is 4.79 Å². The van der Waals surface area contributed by atoms with E-state index in [0.29, 0.717) is 0 Å². The van der Waals surface area contributed by atoms with Crippen LogP contribution in [0, 0.1) is 13.8 Å². The molecule has 4 nitrogen and oxygen atoms in total. The van der Waals surface area contributed by atoms with Crippen molar-refractivity contribution in [1.29, 1.82) is 0 Å². The van der Waals surface area contributed by atoms with Gasteiger partial charge in [0.15, 0.2) is 0 Å². The number of aliphatic hydroxyl groups excluding tert-OH is 1. The van der Waals surface area contributed by atoms with Crippen molar-refractivity contribution in [2.75, 3.05) is 0 Å². The predicted octanol–water partition coefficient (Wildman–Crippen LogP) is 3.03. The molecule has 102 valence electrons. The molecule has 0 saturated carbocycles. The zero-order valence-electron chi connectivity index (χ0n) is 11.7. The minimum atomic E-state index is -0.941. The Labute approximate surface area is 112 Å². The molecule has 2 N–H and O–H groups in total. The van der Waals surface area contributed by atoms with Crippen LogP contribution in [-0.2, 0) is 6.54 Å². The lowest BCUT2D eigenvalue weighted by Crippen LogP contribution is -2.00. The molecular formula is C15H19NO3. The number of carbonyl (C=O) groups is 1. The molecule has 2 rings (SSSR count). The average Bonchev–Trinajstić information content (AvgIpc) is 2.61. The van der Waals surface area contributed by atoms with Gasteiger partial charge in [0, 0.05) is 23.2 Å². The van der Waals surface area contributed by atoms with Gasteiger partial charge in [-0.2, -0.15) is 0 Å². The third kappa shape index (κ3) is 2.02. The van der Waals surface area contributed by atoms with Crippen molar-refractivity contribution in [3.8, 4) is 0 Å². The molecule has 0 fully saturated rings. The van der Waals surface area contributed by atoms with E-state index < -0.39 is 12.1 Å². The lowest BCUT2D eigenvalue weighted by atomic mass is 10.0. The van der Waals surface area contributed by atoms with Crippen LogP contribution >= 0.6 is 0 Å². The van der Waals surface area contributed by atoms with Crippen molar-refractivity contribution >= 4 is 16.9 Å². The molecular weight excluding hydrogens is 242 g/mol. The van der Waals surface area contributed by atoms with Crippen LogP contribution < -0.4 is 0 Å². The maximum Gasteiger partial charge on any atom is 0.335 e. The molecule has 1 aromatic carbocycles. The third-order valence-electron chi connectivity index (χ3n) is 3.64. The number of aromatic nitrogens is 1. The number of carboxylic acids is 1. The van der Waals surface area contributed by atoms with Crippen molar-refractivity contribution < 1.29 is 15.0 Å². The number of aliphatic hydroxyl groups is 1. The van der Waals surface area contributed by atoms with Gasteiger partial charge in [-0.1, -0.05) is 0 Å². The van der Waals surface area contributed by atoms with Crippen LogP contribution in [0.4, 0.5) is 0 Å². The smallest absolute Gasteiger partial charge is 0.335 e. The Balaban J connectivity index is 2.94. The zero-order chi connectivity index (χ0) is 14.3. The molecule has 19 heavy (non-hydrogen) atoms. The van der Waals surface area contributed by atoms with Gasteiger partial charge in [-0.15, -0.1) is 0 Å². The Kier molecular flexibility index (Phi) is 3.37. The number of benzene rings is 1. The number of nitrogens with zero attached hydrogens (tertiary/aromatic N) is 1. The molecule has 0 aliphatic carbocycles. The van der Waals surface area contributed by atoms with Crippen LogP contribution in [0.25, 0.3) is 10.9 Å². The topological polar surface area (TPSA) is 62.5 Å². The summed E-state index contributed by atoms with van der Waals surface area (Å²) in [5.74, 6) is -0.941. The van der Waals surface area contributed by atoms with Crippen molar-refractivity contribution in [1.82, 2.24) is 4.57 Å². The number of aryl methyl sites for hydroxylation is 2. The summed E-state index contributed by atoms with van der Waals surface area (Å²) in [5, 5.41) is 20.0. The fourth-order valence-corrected chi connectivity index (χ4v) is 2.90. The summed E-state index contributed by atoms with van der Waals surface area (Å²) in [4.78, 5) is 11.2. The van der Waals surface area contributed by atoms with Gasteiger partial charge < -0.3 is 14.8 Å². The van der Waals surface area contributed by atoms with Crippen molar-refractivity contribution in [3.63, 3.8) is 0 Å². The van der Waals surface area contributed by atoms with E-state index in [1.807, 2.05) is 20.8 Å². The standard InChI is InChI=1S/C15H19NO3/c1-5-16-9(3)13(10(4)17)12-7-11(15(18)19)6-8(2)14(12)16/h6-7,10,17H,5H2,1-4H3,(H,18,19). The summed E-state index contributed by atoms with van der Waals surface area (Å²) in [6.07, 6.45) is -0.612. The molecule has 0 bridgehead atoms. The summed E-state index contributed by atoms with van der Waals surface area (Å²) in [6, 6.07) is 3.34. The monoisotopic (exact) mass is 261 g/mol. The highest BCUT2D eigenvalue weighted by molar-refractivity contribution is 5.97. The lowest BCUT2D eigenvalue weighted by Gasteiger charge is -2.07. The first kappa shape index (κ1) is 13.6. The van der Waals surface area contributed by atoms with Crippen molar-refractivity contribution in [2.45, 2.75) is 40.3 Å². The molecule has 4 heteroatoms. The van der Waals surface area contributed by atoms with E-state index in [-0.39, 0.29) is 5.56 Å². The van der Waals surface area contributed by atoms with E-state index in [4.69, 9.17) is 5.11 Å². The molecule has 0 spiro atoms. The van der Waals surface area contributed by atoms with Crippen LogP contribution in [0.5, 0.6) is 0 Å². The number of carboxylic acid groups (broad SMARTS) is 1. The van der Waals surface area contributed by atoms with Crippen molar-refractivity contribution in [3.05, 3.63) is 34.5 Å². The Bertz CT molecular complexity index is 653. The maximum absolute atomic E-state index is 11.2. The zero-order valence-corrected chi connectivity index (χ0v) is 11.7. The van der Waals surface area contributed by atoms with Gasteiger partial charge >= 0.3 is 5.97 Å². The molecule has 1 atom stereocenters. The largest absolute Gasteiger partial charge is 0.478 e. The first-order valence-electron chi connectivity index (χ1n) is 6.43. The summed E-state index contributed by atoms with van der Waals surface area (Å²) < 4.78 is 2.12. The minimum Gasteiger partial charge on any atom is -0.478 e. The lowest BCUT2D eigenvalue weighted by molar-refractivity contribution is 0.0697. The van der Waals surface area contributed by atoms with Gasteiger partial charge in [-0.05, 0) is 45.4 Å². The summed E-state index contributed by atoms with van der Waals surface area (Å²) in [7, 11) is 0. The molecule has 0 aliphatic heterocycles. The van der Waals surface area contributed by atoms with Crippen LogP contribution in [0.2, 0.25) is 0 Å².